The zero-order valence-corrected chi connectivity index (χ0v) is 10.5. The van der Waals surface area contributed by atoms with Crippen molar-refractivity contribution in [2.45, 2.75) is 33.1 Å². The number of terminal acetylenes is 1. The minimum absolute atomic E-state index is 0.192. The second kappa shape index (κ2) is 6.04. The van der Waals surface area contributed by atoms with Crippen molar-refractivity contribution >= 4 is 5.91 Å². The highest BCUT2D eigenvalue weighted by Gasteiger charge is 2.19. The summed E-state index contributed by atoms with van der Waals surface area (Å²) in [5.41, 5.74) is 0. The number of hydrogen-bond acceptors (Lipinski definition) is 3. The van der Waals surface area contributed by atoms with Crippen LogP contribution in [0.1, 0.15) is 49.6 Å². The topological polar surface area (TPSA) is 61.9 Å². The number of H-pyrrole nitrogens is 1. The van der Waals surface area contributed by atoms with E-state index in [1.807, 2.05) is 20.8 Å². The van der Waals surface area contributed by atoms with Gasteiger partial charge in [0.05, 0.1) is 6.54 Å². The Kier molecular flexibility index (Phi) is 4.70. The monoisotopic (exact) mass is 234 g/mol. The second-order valence-electron chi connectivity index (χ2n) is 4.13. The number of nitrogens with zero attached hydrogens (tertiary/aromatic N) is 3. The number of rotatable bonds is 5. The first-order chi connectivity index (χ1) is 8.10. The summed E-state index contributed by atoms with van der Waals surface area (Å²) in [7, 11) is 0. The minimum Gasteiger partial charge on any atom is -0.325 e. The summed E-state index contributed by atoms with van der Waals surface area (Å²) < 4.78 is 0. The molecule has 0 aliphatic heterocycles. The van der Waals surface area contributed by atoms with Gasteiger partial charge in [-0.25, -0.2) is 4.98 Å². The molecule has 1 aromatic heterocycles. The summed E-state index contributed by atoms with van der Waals surface area (Å²) >= 11 is 0. The molecular formula is C12H18N4O. The molecule has 1 N–H and O–H groups in total. The van der Waals surface area contributed by atoms with E-state index in [4.69, 9.17) is 6.42 Å². The number of aromatic amines is 1. The van der Waals surface area contributed by atoms with E-state index in [1.165, 1.54) is 0 Å². The molecule has 17 heavy (non-hydrogen) atoms. The summed E-state index contributed by atoms with van der Waals surface area (Å²) in [5, 5.41) is 6.69. The molecule has 0 aliphatic carbocycles. The number of amides is 1. The Bertz CT molecular complexity index is 416. The van der Waals surface area contributed by atoms with Crippen molar-refractivity contribution in [3.8, 4) is 12.3 Å². The lowest BCUT2D eigenvalue weighted by Gasteiger charge is -2.17. The maximum Gasteiger partial charge on any atom is 0.294 e. The van der Waals surface area contributed by atoms with Gasteiger partial charge in [-0.3, -0.25) is 9.89 Å². The van der Waals surface area contributed by atoms with E-state index in [0.29, 0.717) is 12.4 Å². The number of aromatic nitrogens is 3. The maximum absolute atomic E-state index is 12.0. The number of hydrogen-bond donors (Lipinski definition) is 1. The van der Waals surface area contributed by atoms with Crippen molar-refractivity contribution in [1.82, 2.24) is 20.1 Å². The predicted molar refractivity (Wildman–Crippen MR) is 65.5 cm³/mol. The minimum atomic E-state index is -0.215. The molecule has 0 spiro atoms. The van der Waals surface area contributed by atoms with Crippen LogP contribution in [0.2, 0.25) is 0 Å². The molecule has 0 saturated carbocycles. The molecule has 0 saturated heterocycles. The van der Waals surface area contributed by atoms with E-state index in [-0.39, 0.29) is 24.2 Å². The molecule has 92 valence electrons. The zero-order chi connectivity index (χ0) is 12.8. The largest absolute Gasteiger partial charge is 0.325 e. The molecule has 1 aromatic rings. The molecule has 0 aromatic carbocycles. The van der Waals surface area contributed by atoms with E-state index in [9.17, 15) is 4.79 Å². The predicted octanol–water partition coefficient (Wildman–Crippen LogP) is 1.41. The van der Waals surface area contributed by atoms with Crippen LogP contribution in [0.15, 0.2) is 0 Å². The molecule has 1 heterocycles. The molecule has 1 amide bonds. The first-order valence-electron chi connectivity index (χ1n) is 5.75. The Morgan fingerprint density at radius 1 is 1.59 bits per heavy atom. The van der Waals surface area contributed by atoms with Gasteiger partial charge in [0.2, 0.25) is 5.82 Å². The Morgan fingerprint density at radius 2 is 2.29 bits per heavy atom. The summed E-state index contributed by atoms with van der Waals surface area (Å²) in [6, 6.07) is 0. The lowest BCUT2D eigenvalue weighted by molar-refractivity contribution is 0.0765. The van der Waals surface area contributed by atoms with Gasteiger partial charge in [-0.1, -0.05) is 26.7 Å². The third kappa shape index (κ3) is 3.31. The highest BCUT2D eigenvalue weighted by Crippen LogP contribution is 2.09. The van der Waals surface area contributed by atoms with Gasteiger partial charge in [-0.05, 0) is 6.42 Å². The van der Waals surface area contributed by atoms with E-state index in [2.05, 4.69) is 21.1 Å². The van der Waals surface area contributed by atoms with Gasteiger partial charge in [0.15, 0.2) is 0 Å². The van der Waals surface area contributed by atoms with E-state index in [1.54, 1.807) is 4.90 Å². The van der Waals surface area contributed by atoms with Crippen LogP contribution in [0, 0.1) is 12.3 Å². The quantitative estimate of drug-likeness (QED) is 0.784. The fraction of sp³-hybridized carbons (Fsp3) is 0.583. The normalized spacial score (nSPS) is 10.3. The highest BCUT2D eigenvalue weighted by molar-refractivity contribution is 5.90. The first kappa shape index (κ1) is 13.2. The van der Waals surface area contributed by atoms with Gasteiger partial charge >= 0.3 is 0 Å². The molecule has 5 heteroatoms. The van der Waals surface area contributed by atoms with Crippen molar-refractivity contribution in [1.29, 1.82) is 0 Å². The Morgan fingerprint density at radius 3 is 2.76 bits per heavy atom. The second-order valence-corrected chi connectivity index (χ2v) is 4.13. The third-order valence-electron chi connectivity index (χ3n) is 2.30. The smallest absolute Gasteiger partial charge is 0.294 e. The molecule has 0 atom stereocenters. The van der Waals surface area contributed by atoms with E-state index in [0.717, 1.165) is 6.42 Å². The molecule has 0 bridgehead atoms. The summed E-state index contributed by atoms with van der Waals surface area (Å²) in [5.74, 6) is 3.38. The Balaban J connectivity index is 2.82. The summed E-state index contributed by atoms with van der Waals surface area (Å²) in [6.45, 7) is 6.88. The van der Waals surface area contributed by atoms with Gasteiger partial charge in [-0.2, -0.15) is 0 Å². The molecule has 0 aliphatic rings. The van der Waals surface area contributed by atoms with Gasteiger partial charge < -0.3 is 4.90 Å². The summed E-state index contributed by atoms with van der Waals surface area (Å²) in [4.78, 5) is 17.8. The molecule has 5 nitrogen and oxygen atoms in total. The molecular weight excluding hydrogens is 216 g/mol. The first-order valence-corrected chi connectivity index (χ1v) is 5.75. The standard InChI is InChI=1S/C12H18N4O/c1-5-7-16(8-6-2)12(17)11-13-10(9(3)4)14-15-11/h1,9H,6-8H2,2-4H3,(H,13,14,15). The average Bonchev–Trinajstić information content (AvgIpc) is 2.77. The zero-order valence-electron chi connectivity index (χ0n) is 10.5. The van der Waals surface area contributed by atoms with Crippen molar-refractivity contribution in [2.75, 3.05) is 13.1 Å². The number of carbonyl (C=O) groups excluding carboxylic acids is 1. The van der Waals surface area contributed by atoms with Crippen molar-refractivity contribution in [2.24, 2.45) is 0 Å². The van der Waals surface area contributed by atoms with E-state index < -0.39 is 0 Å². The van der Waals surface area contributed by atoms with Gasteiger partial charge in [0, 0.05) is 12.5 Å². The third-order valence-corrected chi connectivity index (χ3v) is 2.30. The van der Waals surface area contributed by atoms with Crippen LogP contribution in [-0.4, -0.2) is 39.1 Å². The molecule has 0 unspecified atom stereocenters. The van der Waals surface area contributed by atoms with Crippen LogP contribution < -0.4 is 0 Å². The van der Waals surface area contributed by atoms with Crippen molar-refractivity contribution < 1.29 is 4.79 Å². The number of nitrogens with one attached hydrogen (secondary N) is 1. The maximum atomic E-state index is 12.0. The van der Waals surface area contributed by atoms with Crippen LogP contribution >= 0.6 is 0 Å². The van der Waals surface area contributed by atoms with Crippen LogP contribution in [0.4, 0.5) is 0 Å². The molecule has 1 rings (SSSR count). The fourth-order valence-electron chi connectivity index (χ4n) is 1.40. The van der Waals surface area contributed by atoms with Gasteiger partial charge in [0.1, 0.15) is 5.82 Å². The average molecular weight is 234 g/mol. The summed E-state index contributed by atoms with van der Waals surface area (Å²) in [6.07, 6.45) is 6.09. The van der Waals surface area contributed by atoms with Crippen LogP contribution in [-0.2, 0) is 0 Å². The van der Waals surface area contributed by atoms with Crippen LogP contribution in [0.3, 0.4) is 0 Å². The molecule has 0 fully saturated rings. The van der Waals surface area contributed by atoms with Crippen LogP contribution in [0.5, 0.6) is 0 Å². The van der Waals surface area contributed by atoms with Crippen molar-refractivity contribution in [3.05, 3.63) is 11.6 Å². The van der Waals surface area contributed by atoms with E-state index >= 15 is 0 Å². The van der Waals surface area contributed by atoms with Gasteiger partial charge in [0.25, 0.3) is 5.91 Å². The van der Waals surface area contributed by atoms with Crippen molar-refractivity contribution in [3.63, 3.8) is 0 Å². The molecule has 0 radical (unpaired) electrons. The fourth-order valence-corrected chi connectivity index (χ4v) is 1.40. The number of carbonyl (C=O) groups is 1. The highest BCUT2D eigenvalue weighted by atomic mass is 16.2. The Labute approximate surface area is 102 Å². The Hall–Kier alpha value is -1.83. The van der Waals surface area contributed by atoms with Crippen LogP contribution in [0.25, 0.3) is 0 Å². The lowest BCUT2D eigenvalue weighted by Crippen LogP contribution is -2.32. The van der Waals surface area contributed by atoms with Gasteiger partial charge in [-0.15, -0.1) is 11.5 Å². The lowest BCUT2D eigenvalue weighted by atomic mass is 10.2. The SMILES string of the molecule is C#CCN(CCC)C(=O)c1n[nH]c(C(C)C)n1.